The molecule has 0 N–H and O–H groups in total. The minimum Gasteiger partial charge on any atom is -0.299 e. The fourth-order valence-corrected chi connectivity index (χ4v) is 2.46. The van der Waals surface area contributed by atoms with Gasteiger partial charge in [-0.3, -0.25) is 4.79 Å². The average Bonchev–Trinajstić information content (AvgIpc) is 2.03. The summed E-state index contributed by atoms with van der Waals surface area (Å²) in [5.74, 6) is 1.40. The molecule has 1 nitrogen and oxygen atoms in total. The first-order chi connectivity index (χ1) is 5.65. The molecule has 1 fully saturated rings. The Hall–Kier alpha value is 0.150. The van der Waals surface area contributed by atoms with Crippen LogP contribution in [0.1, 0.15) is 39.5 Å². The van der Waals surface area contributed by atoms with E-state index in [0.717, 1.165) is 19.3 Å². The second kappa shape index (κ2) is 4.40. The number of hydrogen-bond donors (Lipinski definition) is 0. The van der Waals surface area contributed by atoms with Crippen molar-refractivity contribution in [3.05, 3.63) is 0 Å². The zero-order valence-corrected chi connectivity index (χ0v) is 9.43. The summed E-state index contributed by atoms with van der Waals surface area (Å²) >= 11 is 3.51. The van der Waals surface area contributed by atoms with Crippen LogP contribution in [0.5, 0.6) is 0 Å². The van der Waals surface area contributed by atoms with Gasteiger partial charge in [0.15, 0.2) is 0 Å². The summed E-state index contributed by atoms with van der Waals surface area (Å²) in [4.78, 5) is 12.0. The van der Waals surface area contributed by atoms with Gasteiger partial charge in [-0.05, 0) is 18.8 Å². The minimum absolute atomic E-state index is 0.351. The third kappa shape index (κ3) is 2.32. The van der Waals surface area contributed by atoms with E-state index in [4.69, 9.17) is 0 Å². The third-order valence-electron chi connectivity index (χ3n) is 2.96. The van der Waals surface area contributed by atoms with Crippen molar-refractivity contribution in [3.8, 4) is 0 Å². The van der Waals surface area contributed by atoms with Gasteiger partial charge < -0.3 is 0 Å². The van der Waals surface area contributed by atoms with E-state index in [-0.39, 0.29) is 0 Å². The Kier molecular flexibility index (Phi) is 3.76. The lowest BCUT2D eigenvalue weighted by Crippen LogP contribution is -2.29. The Balaban J connectivity index is 2.50. The molecular weight excluding hydrogens is 216 g/mol. The van der Waals surface area contributed by atoms with Crippen molar-refractivity contribution in [1.82, 2.24) is 0 Å². The van der Waals surface area contributed by atoms with E-state index in [1.165, 1.54) is 6.42 Å². The maximum atomic E-state index is 11.6. The quantitative estimate of drug-likeness (QED) is 0.669. The van der Waals surface area contributed by atoms with E-state index in [2.05, 4.69) is 29.8 Å². The first-order valence-electron chi connectivity index (χ1n) is 4.82. The Bertz CT molecular complexity index is 167. The zero-order valence-electron chi connectivity index (χ0n) is 7.85. The van der Waals surface area contributed by atoms with Crippen LogP contribution in [-0.4, -0.2) is 10.6 Å². The molecule has 0 saturated heterocycles. The molecule has 0 aromatic carbocycles. The number of carbonyl (C=O) groups excluding carboxylic acids is 1. The number of alkyl halides is 1. The zero-order chi connectivity index (χ0) is 9.14. The third-order valence-corrected chi connectivity index (χ3v) is 3.74. The molecule has 3 unspecified atom stereocenters. The molecular formula is C10H17BrO. The highest BCUT2D eigenvalue weighted by atomic mass is 79.9. The summed E-state index contributed by atoms with van der Waals surface area (Å²) in [6, 6.07) is 0. The van der Waals surface area contributed by atoms with Crippen molar-refractivity contribution in [2.45, 2.75) is 44.4 Å². The number of Topliss-reactive ketones (excluding diaryl/α,β-unsaturated/α-hetero) is 1. The average molecular weight is 233 g/mol. The molecule has 0 heterocycles. The van der Waals surface area contributed by atoms with E-state index < -0.39 is 0 Å². The molecule has 0 radical (unpaired) electrons. The lowest BCUT2D eigenvalue weighted by Gasteiger charge is -2.28. The predicted molar refractivity (Wildman–Crippen MR) is 54.5 cm³/mol. The Morgan fingerprint density at radius 1 is 1.58 bits per heavy atom. The van der Waals surface area contributed by atoms with Gasteiger partial charge in [0.05, 0.1) is 0 Å². The molecule has 70 valence electrons. The molecule has 3 atom stereocenters. The molecule has 2 heteroatoms. The summed E-state index contributed by atoms with van der Waals surface area (Å²) in [6.07, 6.45) is 4.13. The number of halogens is 1. The van der Waals surface area contributed by atoms with Gasteiger partial charge in [0.25, 0.3) is 0 Å². The molecule has 12 heavy (non-hydrogen) atoms. The summed E-state index contributed by atoms with van der Waals surface area (Å²) in [5.41, 5.74) is 0. The molecule has 0 amide bonds. The van der Waals surface area contributed by atoms with Crippen LogP contribution in [0.4, 0.5) is 0 Å². The van der Waals surface area contributed by atoms with Gasteiger partial charge in [-0.1, -0.05) is 36.2 Å². The van der Waals surface area contributed by atoms with E-state index in [0.29, 0.717) is 22.4 Å². The highest BCUT2D eigenvalue weighted by Crippen LogP contribution is 2.31. The number of carbonyl (C=O) groups is 1. The maximum Gasteiger partial charge on any atom is 0.137 e. The largest absolute Gasteiger partial charge is 0.299 e. The smallest absolute Gasteiger partial charge is 0.137 e. The van der Waals surface area contributed by atoms with Gasteiger partial charge in [-0.15, -0.1) is 0 Å². The van der Waals surface area contributed by atoms with Crippen LogP contribution in [0.25, 0.3) is 0 Å². The number of hydrogen-bond acceptors (Lipinski definition) is 1. The molecule has 0 bridgehead atoms. The highest BCUT2D eigenvalue weighted by molar-refractivity contribution is 9.09. The highest BCUT2D eigenvalue weighted by Gasteiger charge is 2.29. The fraction of sp³-hybridized carbons (Fsp3) is 0.900. The Morgan fingerprint density at radius 3 is 2.75 bits per heavy atom. The molecule has 0 aliphatic heterocycles. The van der Waals surface area contributed by atoms with Crippen LogP contribution >= 0.6 is 15.9 Å². The van der Waals surface area contributed by atoms with Gasteiger partial charge in [0.2, 0.25) is 0 Å². The molecule has 0 aromatic rings. The first kappa shape index (κ1) is 10.2. The fourth-order valence-electron chi connectivity index (χ4n) is 1.88. The number of rotatable bonds is 2. The van der Waals surface area contributed by atoms with Crippen molar-refractivity contribution in [1.29, 1.82) is 0 Å². The Labute approximate surface area is 83.0 Å². The maximum absolute atomic E-state index is 11.6. The standard InChI is InChI=1S/C10H17BrO/c1-3-7(2)9-5-4-8(11)6-10(9)12/h7-9H,3-6H2,1-2H3. The van der Waals surface area contributed by atoms with Crippen molar-refractivity contribution in [3.63, 3.8) is 0 Å². The van der Waals surface area contributed by atoms with Crippen LogP contribution in [0.3, 0.4) is 0 Å². The molecule has 1 saturated carbocycles. The second-order valence-corrected chi connectivity index (χ2v) is 5.13. The number of ketones is 1. The monoisotopic (exact) mass is 232 g/mol. The second-order valence-electron chi connectivity index (χ2n) is 3.84. The van der Waals surface area contributed by atoms with Crippen LogP contribution in [-0.2, 0) is 4.79 Å². The molecule has 0 spiro atoms. The SMILES string of the molecule is CCC(C)C1CCC(Br)CC1=O. The molecule has 1 rings (SSSR count). The minimum atomic E-state index is 0.351. The molecule has 1 aliphatic rings. The van der Waals surface area contributed by atoms with Gasteiger partial charge in [-0.2, -0.15) is 0 Å². The van der Waals surface area contributed by atoms with Gasteiger partial charge in [0, 0.05) is 17.2 Å². The van der Waals surface area contributed by atoms with Gasteiger partial charge in [0.1, 0.15) is 5.78 Å². The van der Waals surface area contributed by atoms with Crippen LogP contribution in [0.2, 0.25) is 0 Å². The van der Waals surface area contributed by atoms with Crippen molar-refractivity contribution < 1.29 is 4.79 Å². The normalized spacial score (nSPS) is 33.4. The van der Waals surface area contributed by atoms with E-state index in [1.54, 1.807) is 0 Å². The van der Waals surface area contributed by atoms with Crippen molar-refractivity contribution >= 4 is 21.7 Å². The van der Waals surface area contributed by atoms with E-state index in [1.807, 2.05) is 0 Å². The topological polar surface area (TPSA) is 17.1 Å². The lowest BCUT2D eigenvalue weighted by molar-refractivity contribution is -0.125. The van der Waals surface area contributed by atoms with E-state index >= 15 is 0 Å². The van der Waals surface area contributed by atoms with E-state index in [9.17, 15) is 4.79 Å². The summed E-state index contributed by atoms with van der Waals surface area (Å²) in [6.45, 7) is 4.36. The summed E-state index contributed by atoms with van der Waals surface area (Å²) in [5, 5.41) is 0. The summed E-state index contributed by atoms with van der Waals surface area (Å²) < 4.78 is 0. The summed E-state index contributed by atoms with van der Waals surface area (Å²) in [7, 11) is 0. The molecule has 0 aromatic heterocycles. The van der Waals surface area contributed by atoms with Crippen molar-refractivity contribution in [2.75, 3.05) is 0 Å². The predicted octanol–water partition coefficient (Wildman–Crippen LogP) is 3.17. The van der Waals surface area contributed by atoms with Gasteiger partial charge in [-0.25, -0.2) is 0 Å². The van der Waals surface area contributed by atoms with Crippen LogP contribution < -0.4 is 0 Å². The first-order valence-corrected chi connectivity index (χ1v) is 5.73. The van der Waals surface area contributed by atoms with Crippen molar-refractivity contribution in [2.24, 2.45) is 11.8 Å². The van der Waals surface area contributed by atoms with Crippen LogP contribution in [0.15, 0.2) is 0 Å². The lowest BCUT2D eigenvalue weighted by atomic mass is 9.79. The van der Waals surface area contributed by atoms with Gasteiger partial charge >= 0.3 is 0 Å². The van der Waals surface area contributed by atoms with Crippen LogP contribution in [0, 0.1) is 11.8 Å². The molecule has 1 aliphatic carbocycles. The Morgan fingerprint density at radius 2 is 2.25 bits per heavy atom.